The number of Topliss-reactive ketones (excluding diaryl/α,β-unsaturated/α-hetero) is 1. The Kier molecular flexibility index (Phi) is 4.35. The first kappa shape index (κ1) is 14.9. The second-order valence-corrected chi connectivity index (χ2v) is 6.96. The molecule has 0 aliphatic heterocycles. The molecule has 0 spiro atoms. The first-order chi connectivity index (χ1) is 9.40. The molecule has 2 rings (SSSR count). The lowest BCUT2D eigenvalue weighted by Crippen LogP contribution is -2.17. The number of sulfone groups is 1. The van der Waals surface area contributed by atoms with E-state index in [1.54, 1.807) is 18.2 Å². The van der Waals surface area contributed by atoms with Crippen molar-refractivity contribution in [1.29, 1.82) is 0 Å². The predicted octanol–water partition coefficient (Wildman–Crippen LogP) is 3.24. The summed E-state index contributed by atoms with van der Waals surface area (Å²) >= 11 is 3.20. The van der Waals surface area contributed by atoms with Gasteiger partial charge >= 0.3 is 0 Å². The van der Waals surface area contributed by atoms with Crippen LogP contribution in [-0.2, 0) is 9.84 Å². The summed E-state index contributed by atoms with van der Waals surface area (Å²) in [7, 11) is -3.86. The highest BCUT2D eigenvalue weighted by Crippen LogP contribution is 2.19. The lowest BCUT2D eigenvalue weighted by atomic mass is 10.1. The average molecular weight is 357 g/mol. The highest BCUT2D eigenvalue weighted by molar-refractivity contribution is 9.10. The van der Waals surface area contributed by atoms with E-state index < -0.39 is 27.2 Å². The number of hydrogen-bond acceptors (Lipinski definition) is 3. The number of carbonyl (C=O) groups is 1. The van der Waals surface area contributed by atoms with Gasteiger partial charge in [-0.1, -0.05) is 40.2 Å². The van der Waals surface area contributed by atoms with Gasteiger partial charge in [0.05, 0.1) is 4.90 Å². The maximum absolute atomic E-state index is 13.1. The summed E-state index contributed by atoms with van der Waals surface area (Å²) < 4.78 is 37.7. The molecule has 2 aromatic carbocycles. The van der Waals surface area contributed by atoms with Gasteiger partial charge < -0.3 is 0 Å². The summed E-state index contributed by atoms with van der Waals surface area (Å²) in [6, 6.07) is 11.2. The first-order valence-corrected chi connectivity index (χ1v) is 8.11. The van der Waals surface area contributed by atoms with Crippen molar-refractivity contribution in [2.45, 2.75) is 4.90 Å². The Labute approximate surface area is 124 Å². The molecule has 0 radical (unpaired) electrons. The van der Waals surface area contributed by atoms with Gasteiger partial charge in [-0.25, -0.2) is 12.8 Å². The average Bonchev–Trinajstić information content (AvgIpc) is 2.38. The Hall–Kier alpha value is -1.53. The second kappa shape index (κ2) is 5.85. The molecule has 0 N–H and O–H groups in total. The van der Waals surface area contributed by atoms with Crippen LogP contribution in [0.4, 0.5) is 4.39 Å². The standard InChI is InChI=1S/C14H10BrFO3S/c15-13-7-2-1-6-12(13)14(17)9-20(18,19)11-5-3-4-10(16)8-11/h1-8H,9H2. The van der Waals surface area contributed by atoms with Gasteiger partial charge in [-0.3, -0.25) is 4.79 Å². The van der Waals surface area contributed by atoms with Crippen molar-refractivity contribution < 1.29 is 17.6 Å². The maximum atomic E-state index is 13.1. The zero-order chi connectivity index (χ0) is 14.8. The van der Waals surface area contributed by atoms with E-state index in [4.69, 9.17) is 0 Å². The Bertz CT molecular complexity index is 757. The van der Waals surface area contributed by atoms with Gasteiger partial charge in [0.15, 0.2) is 15.6 Å². The molecule has 0 saturated heterocycles. The van der Waals surface area contributed by atoms with Crippen LogP contribution in [0.15, 0.2) is 57.9 Å². The van der Waals surface area contributed by atoms with E-state index in [1.807, 2.05) is 0 Å². The van der Waals surface area contributed by atoms with Crippen LogP contribution in [0.2, 0.25) is 0 Å². The zero-order valence-corrected chi connectivity index (χ0v) is 12.6. The van der Waals surface area contributed by atoms with E-state index in [9.17, 15) is 17.6 Å². The van der Waals surface area contributed by atoms with Crippen LogP contribution in [0.1, 0.15) is 10.4 Å². The first-order valence-electron chi connectivity index (χ1n) is 5.66. The summed E-state index contributed by atoms with van der Waals surface area (Å²) in [6.07, 6.45) is 0. The largest absolute Gasteiger partial charge is 0.293 e. The van der Waals surface area contributed by atoms with E-state index in [1.165, 1.54) is 18.2 Å². The molecule has 104 valence electrons. The van der Waals surface area contributed by atoms with Crippen LogP contribution in [0.25, 0.3) is 0 Å². The molecule has 0 heterocycles. The number of ketones is 1. The van der Waals surface area contributed by atoms with E-state index in [-0.39, 0.29) is 10.5 Å². The molecule has 0 saturated carbocycles. The number of carbonyl (C=O) groups excluding carboxylic acids is 1. The van der Waals surface area contributed by atoms with Crippen molar-refractivity contribution in [3.8, 4) is 0 Å². The van der Waals surface area contributed by atoms with Gasteiger partial charge in [0.25, 0.3) is 0 Å². The molecule has 20 heavy (non-hydrogen) atoms. The fourth-order valence-electron chi connectivity index (χ4n) is 1.68. The molecule has 2 aromatic rings. The zero-order valence-electron chi connectivity index (χ0n) is 10.2. The maximum Gasteiger partial charge on any atom is 0.185 e. The van der Waals surface area contributed by atoms with Gasteiger partial charge in [0, 0.05) is 10.0 Å². The van der Waals surface area contributed by atoms with Crippen LogP contribution < -0.4 is 0 Å². The third-order valence-electron chi connectivity index (χ3n) is 2.65. The third-order valence-corrected chi connectivity index (χ3v) is 4.96. The van der Waals surface area contributed by atoms with Crippen molar-refractivity contribution >= 4 is 31.6 Å². The Balaban J connectivity index is 2.30. The van der Waals surface area contributed by atoms with E-state index in [2.05, 4.69) is 15.9 Å². The minimum atomic E-state index is -3.86. The molecule has 0 fully saturated rings. The third kappa shape index (κ3) is 3.32. The minimum absolute atomic E-state index is 0.196. The molecule has 0 amide bonds. The van der Waals surface area contributed by atoms with Crippen LogP contribution >= 0.6 is 15.9 Å². The second-order valence-electron chi connectivity index (χ2n) is 4.12. The predicted molar refractivity (Wildman–Crippen MR) is 76.9 cm³/mol. The smallest absolute Gasteiger partial charge is 0.185 e. The molecule has 0 atom stereocenters. The monoisotopic (exact) mass is 356 g/mol. The number of halogens is 2. The summed E-state index contributed by atoms with van der Waals surface area (Å²) in [6.45, 7) is 0. The normalized spacial score (nSPS) is 11.3. The summed E-state index contributed by atoms with van der Waals surface area (Å²) in [5, 5.41) is 0. The molecule has 0 bridgehead atoms. The lowest BCUT2D eigenvalue weighted by molar-refractivity contribution is 0.102. The van der Waals surface area contributed by atoms with Crippen molar-refractivity contribution in [2.24, 2.45) is 0 Å². The number of rotatable bonds is 4. The summed E-state index contributed by atoms with van der Waals surface area (Å²) in [4.78, 5) is 11.8. The highest BCUT2D eigenvalue weighted by atomic mass is 79.9. The summed E-state index contributed by atoms with van der Waals surface area (Å²) in [5.41, 5.74) is 0.285. The highest BCUT2D eigenvalue weighted by Gasteiger charge is 2.21. The molecular weight excluding hydrogens is 347 g/mol. The van der Waals surface area contributed by atoms with E-state index in [0.717, 1.165) is 12.1 Å². The number of benzene rings is 2. The molecular formula is C14H10BrFO3S. The van der Waals surface area contributed by atoms with Crippen LogP contribution in [0.3, 0.4) is 0 Å². The fourth-order valence-corrected chi connectivity index (χ4v) is 3.43. The van der Waals surface area contributed by atoms with Gasteiger partial charge in [0.1, 0.15) is 11.6 Å². The van der Waals surface area contributed by atoms with Gasteiger partial charge in [0.2, 0.25) is 0 Å². The molecule has 0 aromatic heterocycles. The van der Waals surface area contributed by atoms with Gasteiger partial charge in [-0.2, -0.15) is 0 Å². The SMILES string of the molecule is O=C(CS(=O)(=O)c1cccc(F)c1)c1ccccc1Br. The fraction of sp³-hybridized carbons (Fsp3) is 0.0714. The lowest BCUT2D eigenvalue weighted by Gasteiger charge is -2.05. The van der Waals surface area contributed by atoms with Gasteiger partial charge in [-0.15, -0.1) is 0 Å². The molecule has 6 heteroatoms. The van der Waals surface area contributed by atoms with Gasteiger partial charge in [-0.05, 0) is 24.3 Å². The van der Waals surface area contributed by atoms with Crippen molar-refractivity contribution in [3.05, 3.63) is 64.4 Å². The van der Waals surface area contributed by atoms with Crippen molar-refractivity contribution in [2.75, 3.05) is 5.75 Å². The molecule has 0 aliphatic carbocycles. The van der Waals surface area contributed by atoms with Crippen LogP contribution in [-0.4, -0.2) is 20.0 Å². The van der Waals surface area contributed by atoms with Crippen LogP contribution in [0.5, 0.6) is 0 Å². The quantitative estimate of drug-likeness (QED) is 0.790. The Morgan fingerprint density at radius 2 is 1.80 bits per heavy atom. The Morgan fingerprint density at radius 3 is 2.45 bits per heavy atom. The molecule has 0 aliphatic rings. The van der Waals surface area contributed by atoms with E-state index in [0.29, 0.717) is 4.47 Å². The summed E-state index contributed by atoms with van der Waals surface area (Å²) in [5.74, 6) is -1.89. The number of hydrogen-bond donors (Lipinski definition) is 0. The van der Waals surface area contributed by atoms with Crippen molar-refractivity contribution in [1.82, 2.24) is 0 Å². The van der Waals surface area contributed by atoms with Crippen LogP contribution in [0, 0.1) is 5.82 Å². The van der Waals surface area contributed by atoms with Crippen molar-refractivity contribution in [3.63, 3.8) is 0 Å². The molecule has 0 unspecified atom stereocenters. The topological polar surface area (TPSA) is 51.2 Å². The Morgan fingerprint density at radius 1 is 1.10 bits per heavy atom. The van der Waals surface area contributed by atoms with E-state index >= 15 is 0 Å². The minimum Gasteiger partial charge on any atom is -0.293 e. The molecule has 3 nitrogen and oxygen atoms in total.